The van der Waals surface area contributed by atoms with Crippen LogP contribution in [-0.4, -0.2) is 48.6 Å². The molecule has 0 radical (unpaired) electrons. The van der Waals surface area contributed by atoms with Crippen molar-refractivity contribution < 1.29 is 13.9 Å². The van der Waals surface area contributed by atoms with E-state index < -0.39 is 0 Å². The minimum atomic E-state index is -0.307. The molecule has 158 valence electrons. The molecular weight excluding hydrogens is 405 g/mol. The van der Waals surface area contributed by atoms with Crippen LogP contribution < -0.4 is 5.32 Å². The second-order valence-corrected chi connectivity index (χ2v) is 8.05. The van der Waals surface area contributed by atoms with Crippen molar-refractivity contribution in [3.05, 3.63) is 70.1 Å². The summed E-state index contributed by atoms with van der Waals surface area (Å²) in [6.07, 6.45) is 0.200. The largest absolute Gasteiger partial charge is 0.379 e. The van der Waals surface area contributed by atoms with Gasteiger partial charge in [0.1, 0.15) is 5.82 Å². The van der Waals surface area contributed by atoms with Crippen molar-refractivity contribution in [2.24, 2.45) is 0 Å². The van der Waals surface area contributed by atoms with E-state index in [0.717, 1.165) is 40.8 Å². The Morgan fingerprint density at radius 1 is 1.23 bits per heavy atom. The first-order valence-electron chi connectivity index (χ1n) is 10.1. The van der Waals surface area contributed by atoms with Gasteiger partial charge in [-0.1, -0.05) is 23.7 Å². The van der Waals surface area contributed by atoms with Gasteiger partial charge in [0.25, 0.3) is 0 Å². The highest BCUT2D eigenvalue weighted by atomic mass is 35.5. The number of halogens is 2. The Morgan fingerprint density at radius 3 is 2.70 bits per heavy atom. The third kappa shape index (κ3) is 4.67. The maximum Gasteiger partial charge on any atom is 0.224 e. The third-order valence-corrected chi connectivity index (χ3v) is 5.90. The van der Waals surface area contributed by atoms with Crippen LogP contribution in [0.15, 0.2) is 42.5 Å². The van der Waals surface area contributed by atoms with E-state index in [9.17, 15) is 9.18 Å². The molecule has 1 saturated heterocycles. The van der Waals surface area contributed by atoms with Crippen LogP contribution in [-0.2, 0) is 16.0 Å². The molecule has 3 aromatic rings. The van der Waals surface area contributed by atoms with E-state index in [1.807, 2.05) is 31.2 Å². The van der Waals surface area contributed by atoms with Crippen LogP contribution in [0.4, 0.5) is 4.39 Å². The molecule has 1 atom stereocenters. The predicted octanol–water partition coefficient (Wildman–Crippen LogP) is 4.00. The van der Waals surface area contributed by atoms with Gasteiger partial charge in [-0.25, -0.2) is 4.39 Å². The van der Waals surface area contributed by atoms with E-state index in [-0.39, 0.29) is 24.2 Å². The minimum Gasteiger partial charge on any atom is -0.379 e. The summed E-state index contributed by atoms with van der Waals surface area (Å²) in [5.41, 5.74) is 3.65. The fourth-order valence-electron chi connectivity index (χ4n) is 4.05. The van der Waals surface area contributed by atoms with Crippen LogP contribution in [0.5, 0.6) is 0 Å². The molecule has 1 aliphatic heterocycles. The number of aromatic nitrogens is 1. The van der Waals surface area contributed by atoms with Crippen LogP contribution >= 0.6 is 11.6 Å². The summed E-state index contributed by atoms with van der Waals surface area (Å²) < 4.78 is 19.2. The van der Waals surface area contributed by atoms with E-state index in [2.05, 4.69) is 15.2 Å². The lowest BCUT2D eigenvalue weighted by atomic mass is 10.0. The molecule has 1 unspecified atom stereocenters. The summed E-state index contributed by atoms with van der Waals surface area (Å²) in [6, 6.07) is 12.4. The quantitative estimate of drug-likeness (QED) is 0.622. The number of nitrogens with zero attached hydrogens (tertiary/aromatic N) is 1. The fourth-order valence-corrected chi connectivity index (χ4v) is 4.17. The molecule has 2 N–H and O–H groups in total. The number of aryl methyl sites for hydroxylation is 1. The van der Waals surface area contributed by atoms with Gasteiger partial charge in [0.05, 0.1) is 25.7 Å². The Morgan fingerprint density at radius 2 is 1.97 bits per heavy atom. The van der Waals surface area contributed by atoms with E-state index in [1.54, 1.807) is 6.07 Å². The van der Waals surface area contributed by atoms with Crippen molar-refractivity contribution >= 4 is 28.4 Å². The number of amides is 1. The highest BCUT2D eigenvalue weighted by Gasteiger charge is 2.23. The summed E-state index contributed by atoms with van der Waals surface area (Å²) in [5, 5.41) is 4.52. The van der Waals surface area contributed by atoms with Crippen LogP contribution in [0, 0.1) is 12.7 Å². The SMILES string of the molecule is Cc1[nH]c2ccc(F)cc2c1CC(=O)NCC(c1ccc(Cl)cc1)N1CCOCC1. The van der Waals surface area contributed by atoms with Gasteiger partial charge in [0, 0.05) is 41.3 Å². The van der Waals surface area contributed by atoms with Crippen molar-refractivity contribution in [3.63, 3.8) is 0 Å². The molecular formula is C23H25ClFN3O2. The first-order chi connectivity index (χ1) is 14.5. The number of morpholine rings is 1. The number of rotatable bonds is 6. The maximum absolute atomic E-state index is 13.7. The summed E-state index contributed by atoms with van der Waals surface area (Å²) in [5.74, 6) is -0.395. The highest BCUT2D eigenvalue weighted by molar-refractivity contribution is 6.30. The molecule has 0 bridgehead atoms. The van der Waals surface area contributed by atoms with Gasteiger partial charge in [-0.15, -0.1) is 0 Å². The number of aromatic amines is 1. The molecule has 2 heterocycles. The first kappa shape index (κ1) is 20.8. The summed E-state index contributed by atoms with van der Waals surface area (Å²) in [6.45, 7) is 5.37. The lowest BCUT2D eigenvalue weighted by molar-refractivity contribution is -0.120. The van der Waals surface area contributed by atoms with Gasteiger partial charge in [-0.2, -0.15) is 0 Å². The van der Waals surface area contributed by atoms with Crippen LogP contribution in [0.25, 0.3) is 10.9 Å². The lowest BCUT2D eigenvalue weighted by Gasteiger charge is -2.35. The first-order valence-corrected chi connectivity index (χ1v) is 10.5. The number of hydrogen-bond acceptors (Lipinski definition) is 3. The number of benzene rings is 2. The van der Waals surface area contributed by atoms with Crippen LogP contribution in [0.3, 0.4) is 0 Å². The number of ether oxygens (including phenoxy) is 1. The Bertz CT molecular complexity index is 1030. The number of hydrogen-bond donors (Lipinski definition) is 2. The number of carbonyl (C=O) groups excluding carboxylic acids is 1. The van der Waals surface area contributed by atoms with Crippen molar-refractivity contribution in [2.75, 3.05) is 32.8 Å². The molecule has 4 rings (SSSR count). The topological polar surface area (TPSA) is 57.4 Å². The average molecular weight is 430 g/mol. The predicted molar refractivity (Wildman–Crippen MR) is 116 cm³/mol. The van der Waals surface area contributed by atoms with Gasteiger partial charge < -0.3 is 15.0 Å². The second kappa shape index (κ2) is 9.16. The molecule has 30 heavy (non-hydrogen) atoms. The van der Waals surface area contributed by atoms with Gasteiger partial charge in [0.2, 0.25) is 5.91 Å². The number of H-pyrrole nitrogens is 1. The zero-order chi connectivity index (χ0) is 21.1. The van der Waals surface area contributed by atoms with Crippen molar-refractivity contribution in [3.8, 4) is 0 Å². The Balaban J connectivity index is 1.48. The monoisotopic (exact) mass is 429 g/mol. The lowest BCUT2D eigenvalue weighted by Crippen LogP contribution is -2.44. The normalized spacial score (nSPS) is 16.0. The van der Waals surface area contributed by atoms with E-state index >= 15 is 0 Å². The van der Waals surface area contributed by atoms with E-state index in [4.69, 9.17) is 16.3 Å². The number of fused-ring (bicyclic) bond motifs is 1. The Kier molecular flexibility index (Phi) is 6.37. The standard InChI is InChI=1S/C23H25ClFN3O2/c1-15-19(20-12-18(25)6-7-21(20)27-15)13-23(29)26-14-22(28-8-10-30-11-9-28)16-2-4-17(24)5-3-16/h2-7,12,22,27H,8-11,13-14H2,1H3,(H,26,29). The van der Waals surface area contributed by atoms with E-state index in [0.29, 0.717) is 24.8 Å². The van der Waals surface area contributed by atoms with Crippen LogP contribution in [0.2, 0.25) is 5.02 Å². The van der Waals surface area contributed by atoms with Gasteiger partial charge in [-0.3, -0.25) is 9.69 Å². The number of nitrogens with one attached hydrogen (secondary N) is 2. The molecule has 1 aromatic heterocycles. The highest BCUT2D eigenvalue weighted by Crippen LogP contribution is 2.25. The van der Waals surface area contributed by atoms with Crippen molar-refractivity contribution in [1.29, 1.82) is 0 Å². The molecule has 5 nitrogen and oxygen atoms in total. The van der Waals surface area contributed by atoms with E-state index in [1.165, 1.54) is 12.1 Å². The third-order valence-electron chi connectivity index (χ3n) is 5.65. The van der Waals surface area contributed by atoms with Crippen LogP contribution in [0.1, 0.15) is 22.9 Å². The molecule has 0 spiro atoms. The zero-order valence-electron chi connectivity index (χ0n) is 16.9. The van der Waals surface area contributed by atoms with Gasteiger partial charge in [-0.05, 0) is 48.4 Å². The zero-order valence-corrected chi connectivity index (χ0v) is 17.6. The smallest absolute Gasteiger partial charge is 0.224 e. The van der Waals surface area contributed by atoms with Crippen molar-refractivity contribution in [2.45, 2.75) is 19.4 Å². The summed E-state index contributed by atoms with van der Waals surface area (Å²) >= 11 is 6.05. The molecule has 1 fully saturated rings. The second-order valence-electron chi connectivity index (χ2n) is 7.62. The number of carbonyl (C=O) groups is 1. The summed E-state index contributed by atoms with van der Waals surface area (Å²) in [7, 11) is 0. The summed E-state index contributed by atoms with van der Waals surface area (Å²) in [4.78, 5) is 18.3. The Labute approximate surface area is 180 Å². The van der Waals surface area contributed by atoms with Crippen molar-refractivity contribution in [1.82, 2.24) is 15.2 Å². The molecule has 2 aromatic carbocycles. The molecule has 1 aliphatic rings. The molecule has 0 saturated carbocycles. The molecule has 7 heteroatoms. The van der Waals surface area contributed by atoms with Gasteiger partial charge in [0.15, 0.2) is 0 Å². The fraction of sp³-hybridized carbons (Fsp3) is 0.348. The average Bonchev–Trinajstić information content (AvgIpc) is 3.05. The minimum absolute atomic E-state index is 0.0385. The molecule has 1 amide bonds. The molecule has 0 aliphatic carbocycles. The maximum atomic E-state index is 13.7. The van der Waals surface area contributed by atoms with Gasteiger partial charge >= 0.3 is 0 Å². The Hall–Kier alpha value is -2.41.